The van der Waals surface area contributed by atoms with Crippen LogP contribution in [0.3, 0.4) is 0 Å². The number of nitrogens with two attached hydrogens (primary N) is 1. The van der Waals surface area contributed by atoms with Crippen LogP contribution in [0.4, 0.5) is 32.3 Å². The second-order valence-corrected chi connectivity index (χ2v) is 34.1. The van der Waals surface area contributed by atoms with Gasteiger partial charge in [-0.15, -0.1) is 0 Å². The summed E-state index contributed by atoms with van der Waals surface area (Å²) < 4.78 is 16.0. The maximum absolute atomic E-state index is 13.3. The molecule has 8 amide bonds. The van der Waals surface area contributed by atoms with Gasteiger partial charge in [0.2, 0.25) is 29.5 Å². The Morgan fingerprint density at radius 1 is 0.528 bits per heavy atom. The van der Waals surface area contributed by atoms with Gasteiger partial charge in [-0.2, -0.15) is 0 Å². The number of nitrogens with zero attached hydrogens (tertiary/aromatic N) is 3. The zero-order valence-electron chi connectivity index (χ0n) is 51.7. The first-order valence-corrected chi connectivity index (χ1v) is 38.3. The number of alkyl carbamates (subject to hydrolysis) is 2. The van der Waals surface area contributed by atoms with Crippen molar-refractivity contribution in [3.05, 3.63) is 155 Å². The van der Waals surface area contributed by atoms with Crippen LogP contribution in [0.25, 0.3) is 0 Å². The van der Waals surface area contributed by atoms with Gasteiger partial charge >= 0.3 is 62.3 Å². The minimum atomic E-state index is -0.998. The van der Waals surface area contributed by atoms with Gasteiger partial charge in [-0.3, -0.25) is 38.4 Å². The van der Waals surface area contributed by atoms with Crippen LogP contribution >= 0.6 is 40.0 Å². The molecule has 21 nitrogen and oxygen atoms in total. The Kier molecular flexibility index (Phi) is 27.3. The van der Waals surface area contributed by atoms with E-state index in [0.29, 0.717) is 85.6 Å². The van der Waals surface area contributed by atoms with Crippen molar-refractivity contribution in [1.29, 1.82) is 0.879 Å². The molecular weight excluding hydrogens is 1400 g/mol. The van der Waals surface area contributed by atoms with Gasteiger partial charge in [0, 0.05) is 66.4 Å². The molecule has 5 aromatic rings. The summed E-state index contributed by atoms with van der Waals surface area (Å²) in [7, 11) is 1.47. The molecule has 3 fully saturated rings. The van der Waals surface area contributed by atoms with Crippen molar-refractivity contribution < 1.29 is 66.7 Å². The van der Waals surface area contributed by atoms with Crippen molar-refractivity contribution in [3.63, 3.8) is 0 Å². The number of carbonyl (C=O) groups is 10. The molecule has 3 aliphatic rings. The van der Waals surface area contributed by atoms with E-state index < -0.39 is 51.7 Å². The Labute approximate surface area is 549 Å². The van der Waals surface area contributed by atoms with E-state index in [2.05, 4.69) is 76.0 Å². The van der Waals surface area contributed by atoms with Crippen LogP contribution < -0.4 is 32.3 Å². The molecule has 89 heavy (non-hydrogen) atoms. The standard InChI is InChI=1S/C40H46N4O7.C25H31N5O5.2HI.V.H/c1-26(2)37(42-40(50)51-3)39(49)44-22-8-12-33(44)38(48)41-31-19-15-29(16-20-31)23-34(45)30-17-13-28(14-18-30)24-35(46)32-11-7-21-43(32)36(47)25-27-9-5-4-6-10-27;1-15(2)21(29-25(34)35-3)24(33)30-14-4-5-20(30)23(32)28-19-12-10-18(11-13-19)27-22(31)16-6-8-17(26)9-7-16;;;;/h4-6,9-10,13-20,26,32-33,37H,7-8,11-12,21-25H2,1-3H3,(H,41,48)(H,42,50);6-13,15,20-21H,4-5,14,26H2,1-3H3,(H,27,31)(H,28,32)(H,29,34);2*1H;;/q;;;;+2;/p-2/t32-,33-,37-;20-,21-;;;;/m00..../s1/i;;;;;1+1. The Hall–Kier alpha value is -7.36. The number of likely N-dealkylation sites (tertiary alicyclic amines) is 3. The number of benzene rings is 5. The fourth-order valence-electron chi connectivity index (χ4n) is 10.7. The molecular formula is C65H78I2N9O12V. The summed E-state index contributed by atoms with van der Waals surface area (Å²) >= 11 is 4.28. The predicted molar refractivity (Wildman–Crippen MR) is 354 cm³/mol. The summed E-state index contributed by atoms with van der Waals surface area (Å²) in [4.78, 5) is 132. The normalized spacial score (nSPS) is 16.7. The zero-order valence-corrected chi connectivity index (χ0v) is 56.4. The van der Waals surface area contributed by atoms with Gasteiger partial charge in [-0.25, -0.2) is 9.59 Å². The average Bonchev–Trinajstić information content (AvgIpc) is 2.33. The number of Topliss-reactive ketones (excluding diaryl/α,β-unsaturated/α-hetero) is 2. The van der Waals surface area contributed by atoms with Crippen molar-refractivity contribution in [1.82, 2.24) is 25.3 Å². The van der Waals surface area contributed by atoms with Crippen LogP contribution in [0.2, 0.25) is 0 Å². The molecule has 5 aromatic carbocycles. The van der Waals surface area contributed by atoms with E-state index in [1.807, 2.05) is 58.0 Å². The number of carbonyl (C=O) groups excluding carboxylic acids is 10. The topological polar surface area (TPSA) is 285 Å². The number of halogens is 2. The van der Waals surface area contributed by atoms with E-state index in [1.165, 1.54) is 24.0 Å². The van der Waals surface area contributed by atoms with Crippen molar-refractivity contribution in [2.45, 2.75) is 116 Å². The number of nitrogen functional groups attached to an aromatic ring is 1. The van der Waals surface area contributed by atoms with Gasteiger partial charge in [-0.1, -0.05) is 94.4 Å². The number of ketones is 2. The van der Waals surface area contributed by atoms with Crippen LogP contribution in [0.15, 0.2) is 127 Å². The molecule has 3 aliphatic heterocycles. The second kappa shape index (κ2) is 35.1. The Morgan fingerprint density at radius 3 is 1.38 bits per heavy atom. The van der Waals surface area contributed by atoms with Gasteiger partial charge < -0.3 is 56.5 Å². The van der Waals surface area contributed by atoms with Crippen LogP contribution in [0.5, 0.6) is 0 Å². The molecule has 3 saturated heterocycles. The summed E-state index contributed by atoms with van der Waals surface area (Å²) in [5, 5.41) is 13.7. The number of amides is 8. The van der Waals surface area contributed by atoms with Crippen LogP contribution in [-0.2, 0) is 66.8 Å². The first-order chi connectivity index (χ1) is 43.0. The Bertz CT molecular complexity index is 3290. The summed E-state index contributed by atoms with van der Waals surface area (Å²) in [6.07, 6.45) is 3.07. The van der Waals surface area contributed by atoms with E-state index >= 15 is 0 Å². The van der Waals surface area contributed by atoms with E-state index in [-0.39, 0.29) is 78.1 Å². The Balaban J connectivity index is 0.000000287. The summed E-state index contributed by atoms with van der Waals surface area (Å²) in [5.74, 6) is -2.04. The molecule has 0 bridgehead atoms. The summed E-state index contributed by atoms with van der Waals surface area (Å²) in [6, 6.07) is 33.5. The fraction of sp³-hybridized carbons (Fsp3) is 0.385. The monoisotopic (exact) mass is 1480 g/mol. The van der Waals surface area contributed by atoms with Crippen molar-refractivity contribution in [2.24, 2.45) is 11.8 Å². The first kappa shape index (κ1) is 69.1. The quantitative estimate of drug-likeness (QED) is 0.0241. The van der Waals surface area contributed by atoms with Gasteiger partial charge in [0.25, 0.3) is 5.91 Å². The number of hydrogen-bond donors (Lipinski definition) is 6. The van der Waals surface area contributed by atoms with Crippen molar-refractivity contribution in [3.8, 4) is 0 Å². The van der Waals surface area contributed by atoms with Gasteiger partial charge in [-0.05, 0) is 128 Å². The molecule has 7 N–H and O–H groups in total. The molecule has 5 atom stereocenters. The number of anilines is 4. The minimum absolute atomic E-state index is 0.00253. The third-order valence-corrected chi connectivity index (χ3v) is 15.4. The summed E-state index contributed by atoms with van der Waals surface area (Å²) in [6.45, 7) is 8.69. The molecule has 0 aliphatic carbocycles. The van der Waals surface area contributed by atoms with E-state index in [9.17, 15) is 47.9 Å². The SMILES string of the molecule is COC(=O)N[C@H](C(=O)N1CCC[C@H]1C(=O)Nc1ccc(CC(=O)c2ccc(CC(=O)[C@@H]3CCCN3C(=O)Cc3ccccc3)cc2)cc1)C(C)C.COC(=O)N[C@H](C(=O)N1CCC[C@H]1C(=O)Nc1ccc(NC(=O)c2ccc(N)cc2)cc1)C(C)C.[2H][V]([I])[I]. The molecule has 24 heteroatoms. The van der Waals surface area contributed by atoms with E-state index in [0.717, 1.165) is 23.1 Å². The number of nitrogens with one attached hydrogen (secondary N) is 5. The molecule has 3 heterocycles. The summed E-state index contributed by atoms with van der Waals surface area (Å²) in [5.41, 5.74) is 11.4. The number of rotatable bonds is 20. The first-order valence-electron chi connectivity index (χ1n) is 29.8. The molecule has 8 rings (SSSR count). The molecule has 0 radical (unpaired) electrons. The third-order valence-electron chi connectivity index (χ3n) is 15.4. The predicted octanol–water partition coefficient (Wildman–Crippen LogP) is 9.10. The Morgan fingerprint density at radius 2 is 0.921 bits per heavy atom. The molecule has 0 aromatic heterocycles. The van der Waals surface area contributed by atoms with E-state index in [4.69, 9.17) is 6.61 Å². The number of ether oxygens (including phenoxy) is 2. The molecule has 0 saturated carbocycles. The molecule has 0 unspecified atom stereocenters. The molecule has 0 spiro atoms. The average molecular weight is 1480 g/mol. The number of methoxy groups -OCH3 is 2. The van der Waals surface area contributed by atoms with Crippen molar-refractivity contribution >= 4 is 122 Å². The van der Waals surface area contributed by atoms with Crippen LogP contribution in [0.1, 0.15) is 104 Å². The third kappa shape index (κ3) is 20.9. The number of hydrogen-bond acceptors (Lipinski definition) is 13. The fourth-order valence-corrected chi connectivity index (χ4v) is 10.7. The van der Waals surface area contributed by atoms with Gasteiger partial charge in [0.15, 0.2) is 11.6 Å². The van der Waals surface area contributed by atoms with Gasteiger partial charge in [0.1, 0.15) is 24.2 Å². The van der Waals surface area contributed by atoms with Crippen LogP contribution in [0, 0.1) is 11.8 Å². The van der Waals surface area contributed by atoms with Crippen LogP contribution in [-0.4, -0.2) is 139 Å². The van der Waals surface area contributed by atoms with Gasteiger partial charge in [0.05, 0.1) is 26.7 Å². The maximum atomic E-state index is 13.3. The van der Waals surface area contributed by atoms with E-state index in [1.54, 1.807) is 102 Å². The molecule has 474 valence electrons. The van der Waals surface area contributed by atoms with Crippen molar-refractivity contribution in [2.75, 3.05) is 55.5 Å². The zero-order chi connectivity index (χ0) is 65.6. The second-order valence-electron chi connectivity index (χ2n) is 22.3.